The highest BCUT2D eigenvalue weighted by molar-refractivity contribution is 4.81. The second-order valence-electron chi connectivity index (χ2n) is 9.91. The topological polar surface area (TPSA) is 0 Å². The Balaban J connectivity index is 3.33. The molecule has 0 saturated carbocycles. The van der Waals surface area contributed by atoms with Crippen molar-refractivity contribution in [1.29, 1.82) is 0 Å². The molecule has 0 aliphatic rings. The van der Waals surface area contributed by atoms with Gasteiger partial charge in [-0.25, -0.2) is 0 Å². The van der Waals surface area contributed by atoms with E-state index < -0.39 is 0 Å². The van der Waals surface area contributed by atoms with Crippen molar-refractivity contribution in [3.63, 3.8) is 0 Å². The van der Waals surface area contributed by atoms with E-state index in [1.807, 2.05) is 0 Å². The van der Waals surface area contributed by atoms with Gasteiger partial charge in [0, 0.05) is 0 Å². The van der Waals surface area contributed by atoms with Crippen LogP contribution < -0.4 is 0 Å². The zero-order valence-electron chi connectivity index (χ0n) is 21.7. The van der Waals surface area contributed by atoms with Gasteiger partial charge in [0.05, 0.1) is 0 Å². The minimum atomic E-state index is 1.01. The number of hydrogen-bond donors (Lipinski definition) is 0. The third kappa shape index (κ3) is 24.0. The van der Waals surface area contributed by atoms with Gasteiger partial charge in [0.25, 0.3) is 0 Å². The van der Waals surface area contributed by atoms with E-state index >= 15 is 0 Å². The molecule has 0 aromatic rings. The Morgan fingerprint density at radius 1 is 0.400 bits per heavy atom. The highest BCUT2D eigenvalue weighted by Gasteiger charge is 2.05. The van der Waals surface area contributed by atoms with E-state index in [1.54, 1.807) is 0 Å². The summed E-state index contributed by atoms with van der Waals surface area (Å²) in [5.74, 6) is 1.01. The maximum Gasteiger partial charge on any atom is -0.0351 e. The number of rotatable bonds is 25. The van der Waals surface area contributed by atoms with Crippen LogP contribution in [0.3, 0.4) is 0 Å². The largest absolute Gasteiger partial charge is 0.0885 e. The molecule has 0 aliphatic carbocycles. The van der Waals surface area contributed by atoms with Gasteiger partial charge in [-0.3, -0.25) is 0 Å². The molecule has 0 radical (unpaired) electrons. The highest BCUT2D eigenvalue weighted by atomic mass is 14.1. The van der Waals surface area contributed by atoms with Crippen LogP contribution in [0.1, 0.15) is 175 Å². The van der Waals surface area contributed by atoms with E-state index in [1.165, 1.54) is 154 Å². The van der Waals surface area contributed by atoms with Gasteiger partial charge in [0.15, 0.2) is 0 Å². The second-order valence-corrected chi connectivity index (χ2v) is 9.91. The van der Waals surface area contributed by atoms with E-state index in [0.29, 0.717) is 0 Å². The third-order valence-corrected chi connectivity index (χ3v) is 6.92. The zero-order valence-corrected chi connectivity index (χ0v) is 21.7. The molecule has 0 heteroatoms. The lowest BCUT2D eigenvalue weighted by atomic mass is 9.92. The molecule has 0 amide bonds. The summed E-state index contributed by atoms with van der Waals surface area (Å²) in [4.78, 5) is 0. The van der Waals surface area contributed by atoms with Crippen molar-refractivity contribution in [3.8, 4) is 0 Å². The Kier molecular flexibility index (Phi) is 26.5. The maximum atomic E-state index is 2.44. The van der Waals surface area contributed by atoms with Gasteiger partial charge in [-0.05, 0) is 31.6 Å². The first-order valence-corrected chi connectivity index (χ1v) is 14.5. The Morgan fingerprint density at radius 2 is 0.733 bits per heavy atom. The van der Waals surface area contributed by atoms with E-state index in [-0.39, 0.29) is 0 Å². The Labute approximate surface area is 193 Å². The van der Waals surface area contributed by atoms with E-state index in [0.717, 1.165) is 5.92 Å². The molecule has 30 heavy (non-hydrogen) atoms. The Morgan fingerprint density at radius 3 is 1.10 bits per heavy atom. The molecule has 0 fully saturated rings. The van der Waals surface area contributed by atoms with Gasteiger partial charge in [0.2, 0.25) is 0 Å². The maximum absolute atomic E-state index is 2.44. The molecular weight excluding hydrogens is 360 g/mol. The fourth-order valence-electron chi connectivity index (χ4n) is 4.62. The fraction of sp³-hybridized carbons (Fsp3) is 0.933. The van der Waals surface area contributed by atoms with Gasteiger partial charge in [-0.2, -0.15) is 0 Å². The number of unbranched alkanes of at least 4 members (excludes halogenated alkanes) is 18. The summed E-state index contributed by atoms with van der Waals surface area (Å²) in [6.07, 6.45) is 39.3. The predicted octanol–water partition coefficient (Wildman–Crippen LogP) is 11.6. The number of allylic oxidation sites excluding steroid dienone is 2. The minimum absolute atomic E-state index is 1.01. The molecule has 0 aromatic carbocycles. The zero-order chi connectivity index (χ0) is 22.0. The van der Waals surface area contributed by atoms with Crippen LogP contribution in [0.4, 0.5) is 0 Å². The Bertz CT molecular complexity index is 316. The van der Waals surface area contributed by atoms with E-state index in [9.17, 15) is 0 Å². The van der Waals surface area contributed by atoms with Crippen molar-refractivity contribution >= 4 is 0 Å². The van der Waals surface area contributed by atoms with Gasteiger partial charge in [0.1, 0.15) is 0 Å². The van der Waals surface area contributed by atoms with Crippen molar-refractivity contribution < 1.29 is 0 Å². The average molecular weight is 421 g/mol. The van der Waals surface area contributed by atoms with Crippen LogP contribution in [-0.2, 0) is 0 Å². The summed E-state index contributed by atoms with van der Waals surface area (Å²) < 4.78 is 0. The molecule has 0 nitrogen and oxygen atoms in total. The predicted molar refractivity (Wildman–Crippen MR) is 140 cm³/mol. The summed E-state index contributed by atoms with van der Waals surface area (Å²) in [6, 6.07) is 0. The van der Waals surface area contributed by atoms with Crippen molar-refractivity contribution in [3.05, 3.63) is 12.2 Å². The molecule has 0 N–H and O–H groups in total. The second kappa shape index (κ2) is 26.8. The smallest absolute Gasteiger partial charge is 0.0351 e. The van der Waals surface area contributed by atoms with Crippen molar-refractivity contribution in [2.24, 2.45) is 5.92 Å². The van der Waals surface area contributed by atoms with Crippen LogP contribution in [-0.4, -0.2) is 0 Å². The lowest BCUT2D eigenvalue weighted by Gasteiger charge is -2.14. The van der Waals surface area contributed by atoms with Crippen molar-refractivity contribution in [2.75, 3.05) is 0 Å². The van der Waals surface area contributed by atoms with E-state index in [2.05, 4.69) is 32.9 Å². The summed E-state index contributed by atoms with van der Waals surface area (Å²) in [5.41, 5.74) is 0. The summed E-state index contributed by atoms with van der Waals surface area (Å²) in [6.45, 7) is 7.01. The summed E-state index contributed by atoms with van der Waals surface area (Å²) in [7, 11) is 0. The quantitative estimate of drug-likeness (QED) is 0.102. The van der Waals surface area contributed by atoms with Gasteiger partial charge in [-0.1, -0.05) is 161 Å². The van der Waals surface area contributed by atoms with Crippen LogP contribution in [0.15, 0.2) is 12.2 Å². The Hall–Kier alpha value is -0.260. The SMILES string of the molecule is CCCCCCCC=CCCCCCCC(CC)CCCCCCCCCCCC. The normalized spacial score (nSPS) is 12.8. The molecular formula is C30H60. The first-order valence-electron chi connectivity index (χ1n) is 14.5. The number of hydrogen-bond acceptors (Lipinski definition) is 0. The molecule has 0 aromatic heterocycles. The molecule has 0 heterocycles. The standard InChI is InChI=1S/C30H60/c1-4-7-9-11-13-15-17-18-19-21-23-25-27-29-30(6-3)28-26-24-22-20-16-14-12-10-8-5-2/h17-18,30H,4-16,19-29H2,1-3H3. The fourth-order valence-corrected chi connectivity index (χ4v) is 4.62. The highest BCUT2D eigenvalue weighted by Crippen LogP contribution is 2.21. The minimum Gasteiger partial charge on any atom is -0.0885 e. The summed E-state index contributed by atoms with van der Waals surface area (Å²) >= 11 is 0. The van der Waals surface area contributed by atoms with Gasteiger partial charge < -0.3 is 0 Å². The summed E-state index contributed by atoms with van der Waals surface area (Å²) in [5, 5.41) is 0. The molecule has 0 spiro atoms. The first-order chi connectivity index (χ1) is 14.8. The van der Waals surface area contributed by atoms with Gasteiger partial charge in [-0.15, -0.1) is 0 Å². The van der Waals surface area contributed by atoms with E-state index in [4.69, 9.17) is 0 Å². The van der Waals surface area contributed by atoms with Crippen LogP contribution in [0.25, 0.3) is 0 Å². The lowest BCUT2D eigenvalue weighted by Crippen LogP contribution is -1.99. The average Bonchev–Trinajstić information content (AvgIpc) is 2.76. The molecule has 1 unspecified atom stereocenters. The monoisotopic (exact) mass is 420 g/mol. The van der Waals surface area contributed by atoms with Crippen LogP contribution >= 0.6 is 0 Å². The van der Waals surface area contributed by atoms with Crippen LogP contribution in [0.5, 0.6) is 0 Å². The third-order valence-electron chi connectivity index (χ3n) is 6.92. The van der Waals surface area contributed by atoms with Crippen molar-refractivity contribution in [1.82, 2.24) is 0 Å². The molecule has 0 aliphatic heterocycles. The van der Waals surface area contributed by atoms with Crippen molar-refractivity contribution in [2.45, 2.75) is 175 Å². The molecule has 1 atom stereocenters. The molecule has 180 valence electrons. The van der Waals surface area contributed by atoms with Crippen LogP contribution in [0.2, 0.25) is 0 Å². The first kappa shape index (κ1) is 29.7. The molecule has 0 bridgehead atoms. The van der Waals surface area contributed by atoms with Gasteiger partial charge >= 0.3 is 0 Å². The lowest BCUT2D eigenvalue weighted by molar-refractivity contribution is 0.393. The molecule has 0 saturated heterocycles. The molecule has 0 rings (SSSR count). The van der Waals surface area contributed by atoms with Crippen LogP contribution in [0, 0.1) is 5.92 Å².